The van der Waals surface area contributed by atoms with E-state index in [9.17, 15) is 9.18 Å². The van der Waals surface area contributed by atoms with Crippen molar-refractivity contribution >= 4 is 22.7 Å². The van der Waals surface area contributed by atoms with Crippen molar-refractivity contribution in [3.63, 3.8) is 0 Å². The van der Waals surface area contributed by atoms with Crippen molar-refractivity contribution in [2.75, 3.05) is 0 Å². The molecule has 1 aliphatic carbocycles. The molecule has 1 aromatic heterocycles. The molecule has 0 N–H and O–H groups in total. The topological polar surface area (TPSA) is 34.9 Å². The number of thioether (sulfide) groups is 1. The van der Waals surface area contributed by atoms with Gasteiger partial charge < -0.3 is 0 Å². The predicted molar refractivity (Wildman–Crippen MR) is 90.2 cm³/mol. The summed E-state index contributed by atoms with van der Waals surface area (Å²) in [5, 5.41) is 1.38. The first-order valence-corrected chi connectivity index (χ1v) is 8.59. The van der Waals surface area contributed by atoms with Crippen molar-refractivity contribution in [3.8, 4) is 0 Å². The van der Waals surface area contributed by atoms with Crippen molar-refractivity contribution in [3.05, 3.63) is 70.3 Å². The van der Waals surface area contributed by atoms with Crippen LogP contribution in [0, 0.1) is 5.82 Å². The number of hydrogen-bond donors (Lipinski definition) is 0. The second-order valence-corrected chi connectivity index (χ2v) is 6.68. The Morgan fingerprint density at radius 3 is 2.78 bits per heavy atom. The maximum Gasteiger partial charge on any atom is 0.262 e. The molecule has 116 valence electrons. The van der Waals surface area contributed by atoms with Crippen molar-refractivity contribution in [1.82, 2.24) is 9.55 Å². The van der Waals surface area contributed by atoms with Gasteiger partial charge in [-0.3, -0.25) is 9.36 Å². The van der Waals surface area contributed by atoms with Gasteiger partial charge in [0.25, 0.3) is 5.56 Å². The number of nitrogens with zero attached hydrogens (tertiary/aromatic N) is 2. The molecule has 0 bridgehead atoms. The Hall–Kier alpha value is -2.14. The first kappa shape index (κ1) is 14.5. The minimum Gasteiger partial charge on any atom is -0.284 e. The van der Waals surface area contributed by atoms with Crippen molar-refractivity contribution in [1.29, 1.82) is 0 Å². The largest absolute Gasteiger partial charge is 0.284 e. The standard InChI is InChI=1S/C18H15FN2OS/c19-13-5-3-4-12(10-13)11-23-18-20-16-7-2-1-6-15(16)17(22)21(18)14-8-9-14/h1-7,10,14H,8-9,11H2. The second-order valence-electron chi connectivity index (χ2n) is 5.74. The van der Waals surface area contributed by atoms with Gasteiger partial charge in [0, 0.05) is 11.8 Å². The van der Waals surface area contributed by atoms with Gasteiger partial charge in [-0.1, -0.05) is 36.0 Å². The molecule has 5 heteroatoms. The quantitative estimate of drug-likeness (QED) is 0.533. The molecular formula is C18H15FN2OS. The lowest BCUT2D eigenvalue weighted by atomic mass is 10.2. The van der Waals surface area contributed by atoms with E-state index in [0.717, 1.165) is 29.1 Å². The molecule has 0 saturated heterocycles. The van der Waals surface area contributed by atoms with Crippen LogP contribution in [-0.2, 0) is 5.75 Å². The van der Waals surface area contributed by atoms with E-state index in [1.54, 1.807) is 6.07 Å². The third-order valence-electron chi connectivity index (χ3n) is 3.94. The lowest BCUT2D eigenvalue weighted by Crippen LogP contribution is -2.22. The van der Waals surface area contributed by atoms with Gasteiger partial charge in [-0.15, -0.1) is 0 Å². The summed E-state index contributed by atoms with van der Waals surface area (Å²) in [7, 11) is 0. The summed E-state index contributed by atoms with van der Waals surface area (Å²) in [4.78, 5) is 17.4. The third kappa shape index (κ3) is 2.88. The van der Waals surface area contributed by atoms with Crippen LogP contribution in [0.5, 0.6) is 0 Å². The van der Waals surface area contributed by atoms with E-state index in [0.29, 0.717) is 11.1 Å². The van der Waals surface area contributed by atoms with Gasteiger partial charge in [0.1, 0.15) is 5.82 Å². The highest BCUT2D eigenvalue weighted by molar-refractivity contribution is 7.98. The molecule has 1 saturated carbocycles. The fraction of sp³-hybridized carbons (Fsp3) is 0.222. The van der Waals surface area contributed by atoms with Crippen molar-refractivity contribution < 1.29 is 4.39 Å². The summed E-state index contributed by atoms with van der Waals surface area (Å²) >= 11 is 1.49. The smallest absolute Gasteiger partial charge is 0.262 e. The Labute approximate surface area is 137 Å². The second kappa shape index (κ2) is 5.81. The molecule has 4 rings (SSSR count). The van der Waals surface area contributed by atoms with E-state index in [-0.39, 0.29) is 17.4 Å². The Kier molecular flexibility index (Phi) is 3.65. The molecule has 1 fully saturated rings. The maximum atomic E-state index is 13.3. The molecule has 0 unspecified atom stereocenters. The minimum atomic E-state index is -0.242. The van der Waals surface area contributed by atoms with Gasteiger partial charge in [0.2, 0.25) is 0 Å². The molecule has 1 heterocycles. The number of halogens is 1. The Bertz CT molecular complexity index is 934. The number of benzene rings is 2. The maximum absolute atomic E-state index is 13.3. The highest BCUT2D eigenvalue weighted by Gasteiger charge is 2.28. The van der Waals surface area contributed by atoms with Crippen LogP contribution in [0.4, 0.5) is 4.39 Å². The first-order chi connectivity index (χ1) is 11.2. The molecule has 0 atom stereocenters. The molecule has 23 heavy (non-hydrogen) atoms. The van der Waals surface area contributed by atoms with Crippen molar-refractivity contribution in [2.45, 2.75) is 29.8 Å². The summed E-state index contributed by atoms with van der Waals surface area (Å²) in [5.41, 5.74) is 1.63. The van der Waals surface area contributed by atoms with Gasteiger partial charge >= 0.3 is 0 Å². The van der Waals surface area contributed by atoms with Crippen LogP contribution in [0.1, 0.15) is 24.4 Å². The summed E-state index contributed by atoms with van der Waals surface area (Å²) in [6.07, 6.45) is 2.04. The van der Waals surface area contributed by atoms with Gasteiger partial charge in [-0.05, 0) is 42.7 Å². The fourth-order valence-electron chi connectivity index (χ4n) is 2.66. The van der Waals surface area contributed by atoms with Crippen LogP contribution in [-0.4, -0.2) is 9.55 Å². The normalized spacial score (nSPS) is 14.3. The average molecular weight is 326 g/mol. The summed E-state index contributed by atoms with van der Waals surface area (Å²) in [5.74, 6) is 0.351. The van der Waals surface area contributed by atoms with Crippen LogP contribution in [0.25, 0.3) is 10.9 Å². The first-order valence-electron chi connectivity index (χ1n) is 7.61. The molecule has 2 aromatic carbocycles. The van der Waals surface area contributed by atoms with Crippen LogP contribution in [0.15, 0.2) is 58.5 Å². The van der Waals surface area contributed by atoms with Gasteiger partial charge in [0.15, 0.2) is 5.16 Å². The van der Waals surface area contributed by atoms with Gasteiger partial charge in [-0.2, -0.15) is 0 Å². The number of para-hydroxylation sites is 1. The molecule has 0 amide bonds. The molecule has 0 aliphatic heterocycles. The monoisotopic (exact) mass is 326 g/mol. The van der Waals surface area contributed by atoms with Crippen LogP contribution in [0.2, 0.25) is 0 Å². The Balaban J connectivity index is 1.73. The van der Waals surface area contributed by atoms with E-state index in [4.69, 9.17) is 0 Å². The molecule has 0 radical (unpaired) electrons. The highest BCUT2D eigenvalue weighted by Crippen LogP contribution is 2.37. The molecule has 3 nitrogen and oxygen atoms in total. The van der Waals surface area contributed by atoms with Crippen LogP contribution >= 0.6 is 11.8 Å². The van der Waals surface area contributed by atoms with E-state index < -0.39 is 0 Å². The molecular weight excluding hydrogens is 311 g/mol. The number of fused-ring (bicyclic) bond motifs is 1. The molecule has 3 aromatic rings. The van der Waals surface area contributed by atoms with E-state index in [1.165, 1.54) is 23.9 Å². The lowest BCUT2D eigenvalue weighted by Gasteiger charge is -2.12. The molecule has 0 spiro atoms. The SMILES string of the molecule is O=c1c2ccccc2nc(SCc2cccc(F)c2)n1C1CC1. The Morgan fingerprint density at radius 1 is 1.17 bits per heavy atom. The van der Waals surface area contributed by atoms with Gasteiger partial charge in [-0.25, -0.2) is 9.37 Å². The predicted octanol–water partition coefficient (Wildman–Crippen LogP) is 4.16. The van der Waals surface area contributed by atoms with Crippen LogP contribution in [0.3, 0.4) is 0 Å². The average Bonchev–Trinajstić information content (AvgIpc) is 3.38. The summed E-state index contributed by atoms with van der Waals surface area (Å²) in [6, 6.07) is 14.2. The fourth-order valence-corrected chi connectivity index (χ4v) is 3.67. The zero-order valence-electron chi connectivity index (χ0n) is 12.4. The summed E-state index contributed by atoms with van der Waals surface area (Å²) < 4.78 is 15.1. The van der Waals surface area contributed by atoms with Gasteiger partial charge in [0.05, 0.1) is 10.9 Å². The zero-order valence-corrected chi connectivity index (χ0v) is 13.2. The van der Waals surface area contributed by atoms with Crippen LogP contribution < -0.4 is 5.56 Å². The van der Waals surface area contributed by atoms with E-state index in [1.807, 2.05) is 34.9 Å². The van der Waals surface area contributed by atoms with E-state index in [2.05, 4.69) is 4.98 Å². The van der Waals surface area contributed by atoms with E-state index >= 15 is 0 Å². The number of rotatable bonds is 4. The Morgan fingerprint density at radius 2 is 2.00 bits per heavy atom. The number of hydrogen-bond acceptors (Lipinski definition) is 3. The summed E-state index contributed by atoms with van der Waals surface area (Å²) in [6.45, 7) is 0. The number of aromatic nitrogens is 2. The lowest BCUT2D eigenvalue weighted by molar-refractivity contribution is 0.617. The third-order valence-corrected chi connectivity index (χ3v) is 4.97. The molecule has 1 aliphatic rings. The minimum absolute atomic E-state index is 0.0276. The highest BCUT2D eigenvalue weighted by atomic mass is 32.2. The van der Waals surface area contributed by atoms with Crippen molar-refractivity contribution in [2.24, 2.45) is 0 Å². The zero-order chi connectivity index (χ0) is 15.8.